The van der Waals surface area contributed by atoms with Crippen molar-refractivity contribution in [1.82, 2.24) is 0 Å². The number of fused-ring (bicyclic) bond motifs is 10. The number of rotatable bonds is 8. The molecule has 60 heavy (non-hydrogen) atoms. The van der Waals surface area contributed by atoms with Crippen LogP contribution in [0.15, 0.2) is 23.3 Å². The van der Waals surface area contributed by atoms with Gasteiger partial charge in [0.05, 0.1) is 22.4 Å². The molecule has 5 nitrogen and oxygen atoms in total. The Hall–Kier alpha value is -1.01. The molecule has 0 aromatic carbocycles. The Labute approximate surface area is 368 Å². The molecule has 8 aliphatic carbocycles. The van der Waals surface area contributed by atoms with E-state index in [1.807, 2.05) is 47.6 Å². The molecule has 4 N–H and O–H groups in total. The van der Waals surface area contributed by atoms with Crippen molar-refractivity contribution in [1.29, 1.82) is 0 Å². The molecule has 0 aromatic rings. The van der Waals surface area contributed by atoms with Crippen LogP contribution in [0.3, 0.4) is 0 Å². The third-order valence-electron chi connectivity index (χ3n) is 20.5. The van der Waals surface area contributed by atoms with E-state index in [1.165, 1.54) is 63.4 Å². The molecule has 0 unspecified atom stereocenters. The van der Waals surface area contributed by atoms with Gasteiger partial charge in [-0.25, -0.2) is 0 Å². The van der Waals surface area contributed by atoms with Crippen LogP contribution in [0.25, 0.3) is 0 Å². The lowest BCUT2D eigenvalue weighted by Crippen LogP contribution is -2.54. The second-order valence-electron chi connectivity index (χ2n) is 25.9. The molecule has 344 valence electrons. The predicted molar refractivity (Wildman–Crippen MR) is 248 cm³/mol. The summed E-state index contributed by atoms with van der Waals surface area (Å²) in [6, 6.07) is 0. The Kier molecular flexibility index (Phi) is 13.3. The summed E-state index contributed by atoms with van der Waals surface area (Å²) in [4.78, 5) is 13.5. The maximum absolute atomic E-state index is 13.5. The molecule has 0 saturated heterocycles. The normalized spacial score (nSPS) is 47.0. The quantitative estimate of drug-likeness (QED) is 0.183. The Balaban J connectivity index is 0.000000198. The molecule has 5 heteroatoms. The van der Waals surface area contributed by atoms with Gasteiger partial charge < -0.3 is 20.4 Å². The molecule has 8 rings (SSSR count). The number of carbonyl (C=O) groups is 1. The van der Waals surface area contributed by atoms with Crippen molar-refractivity contribution in [3.8, 4) is 0 Å². The third kappa shape index (κ3) is 8.86. The fourth-order valence-electron chi connectivity index (χ4n) is 16.9. The first-order valence-electron chi connectivity index (χ1n) is 25.0. The van der Waals surface area contributed by atoms with E-state index in [-0.39, 0.29) is 24.2 Å². The topological polar surface area (TPSA) is 98.0 Å². The SMILES string of the molecule is C.C[C@H](CCC(C)(C)O)[C@H]1CC[C@H]2[C@@H]3C(=O)C=C4C[C@@](C)(O)CC[C@]4(C)[C@H]3CC[C@]12C.C[C@H](CCC(C)(C)O)[C@H]1CC[C@H]2[C@@H]3CC=C4C[C@@](C)(O)CC[C@]4(C)[C@H]3CC[C@]12C. The number of hydrogen-bond acceptors (Lipinski definition) is 5. The van der Waals surface area contributed by atoms with Crippen LogP contribution in [0.1, 0.15) is 213 Å². The van der Waals surface area contributed by atoms with Crippen LogP contribution in [0.5, 0.6) is 0 Å². The highest BCUT2D eigenvalue weighted by molar-refractivity contribution is 5.94. The Morgan fingerprint density at radius 1 is 0.617 bits per heavy atom. The zero-order valence-corrected chi connectivity index (χ0v) is 40.1. The molecule has 0 amide bonds. The zero-order chi connectivity index (χ0) is 43.4. The Morgan fingerprint density at radius 3 is 1.58 bits per heavy atom. The van der Waals surface area contributed by atoms with Crippen molar-refractivity contribution >= 4 is 5.78 Å². The predicted octanol–water partition coefficient (Wildman–Crippen LogP) is 12.8. The first-order chi connectivity index (χ1) is 27.1. The lowest BCUT2D eigenvalue weighted by Gasteiger charge is -2.59. The van der Waals surface area contributed by atoms with E-state index >= 15 is 0 Å². The smallest absolute Gasteiger partial charge is 0.159 e. The Bertz CT molecular complexity index is 1620. The molecule has 0 radical (unpaired) electrons. The zero-order valence-electron chi connectivity index (χ0n) is 40.1. The highest BCUT2D eigenvalue weighted by Crippen LogP contribution is 2.69. The third-order valence-corrected chi connectivity index (χ3v) is 20.5. The molecule has 0 aliphatic heterocycles. The minimum Gasteiger partial charge on any atom is -0.390 e. The van der Waals surface area contributed by atoms with Gasteiger partial charge in [-0.3, -0.25) is 4.79 Å². The van der Waals surface area contributed by atoms with E-state index in [0.29, 0.717) is 52.6 Å². The minimum atomic E-state index is -0.657. The summed E-state index contributed by atoms with van der Waals surface area (Å²) in [6.07, 6.45) is 25.6. The van der Waals surface area contributed by atoms with E-state index in [9.17, 15) is 25.2 Å². The van der Waals surface area contributed by atoms with Crippen LogP contribution in [-0.2, 0) is 4.79 Å². The van der Waals surface area contributed by atoms with Crippen LogP contribution in [-0.4, -0.2) is 48.6 Å². The van der Waals surface area contributed by atoms with E-state index in [1.54, 1.807) is 5.57 Å². The largest absolute Gasteiger partial charge is 0.390 e. The maximum Gasteiger partial charge on any atom is 0.159 e. The fraction of sp³-hybridized carbons (Fsp3) is 0.909. The van der Waals surface area contributed by atoms with Gasteiger partial charge in [0.15, 0.2) is 5.78 Å². The summed E-state index contributed by atoms with van der Waals surface area (Å²) in [5.74, 6) is 6.78. The van der Waals surface area contributed by atoms with Crippen LogP contribution in [0.4, 0.5) is 0 Å². The first-order valence-corrected chi connectivity index (χ1v) is 25.0. The van der Waals surface area contributed by atoms with Gasteiger partial charge in [-0.15, -0.1) is 0 Å². The van der Waals surface area contributed by atoms with E-state index in [2.05, 4.69) is 47.6 Å². The van der Waals surface area contributed by atoms with Crippen LogP contribution < -0.4 is 0 Å². The van der Waals surface area contributed by atoms with Crippen molar-refractivity contribution in [2.45, 2.75) is 235 Å². The summed E-state index contributed by atoms with van der Waals surface area (Å²) in [6.45, 7) is 26.6. The molecule has 0 bridgehead atoms. The van der Waals surface area contributed by atoms with Crippen molar-refractivity contribution in [2.24, 2.45) is 80.8 Å². The second-order valence-corrected chi connectivity index (χ2v) is 25.9. The summed E-state index contributed by atoms with van der Waals surface area (Å²) >= 11 is 0. The average Bonchev–Trinajstić information content (AvgIpc) is 3.67. The monoisotopic (exact) mass is 835 g/mol. The summed E-state index contributed by atoms with van der Waals surface area (Å²) in [5.41, 5.74) is 1.68. The lowest BCUT2D eigenvalue weighted by atomic mass is 9.46. The van der Waals surface area contributed by atoms with Crippen molar-refractivity contribution < 1.29 is 25.2 Å². The number of carbonyl (C=O) groups excluding carboxylic acids is 1. The van der Waals surface area contributed by atoms with Gasteiger partial charge in [-0.2, -0.15) is 0 Å². The van der Waals surface area contributed by atoms with E-state index in [0.717, 1.165) is 81.5 Å². The number of allylic oxidation sites excluding steroid dienone is 2. The second kappa shape index (κ2) is 16.5. The maximum atomic E-state index is 13.5. The molecule has 8 aliphatic rings. The molecule has 6 fully saturated rings. The van der Waals surface area contributed by atoms with Gasteiger partial charge in [-0.1, -0.05) is 66.2 Å². The van der Waals surface area contributed by atoms with Crippen molar-refractivity contribution in [3.63, 3.8) is 0 Å². The van der Waals surface area contributed by atoms with Crippen LogP contribution in [0, 0.1) is 80.8 Å². The summed E-state index contributed by atoms with van der Waals surface area (Å²) < 4.78 is 0. The van der Waals surface area contributed by atoms with Crippen molar-refractivity contribution in [2.75, 3.05) is 0 Å². The summed E-state index contributed by atoms with van der Waals surface area (Å²) in [7, 11) is 0. The molecule has 0 heterocycles. The molecular weight excluding hydrogens is 741 g/mol. The number of ketones is 1. The van der Waals surface area contributed by atoms with Crippen LogP contribution >= 0.6 is 0 Å². The van der Waals surface area contributed by atoms with E-state index < -0.39 is 22.4 Å². The van der Waals surface area contributed by atoms with Gasteiger partial charge in [0.2, 0.25) is 0 Å². The lowest BCUT2D eigenvalue weighted by molar-refractivity contribution is -0.136. The van der Waals surface area contributed by atoms with Gasteiger partial charge >= 0.3 is 0 Å². The fourth-order valence-corrected chi connectivity index (χ4v) is 16.9. The molecule has 16 atom stereocenters. The number of aliphatic hydroxyl groups is 4. The Morgan fingerprint density at radius 2 is 1.07 bits per heavy atom. The minimum absolute atomic E-state index is 0. The first kappa shape index (κ1) is 48.4. The summed E-state index contributed by atoms with van der Waals surface area (Å²) in [5, 5.41) is 41.7. The van der Waals surface area contributed by atoms with Gasteiger partial charge in [0.25, 0.3) is 0 Å². The van der Waals surface area contributed by atoms with Gasteiger partial charge in [0.1, 0.15) is 0 Å². The van der Waals surface area contributed by atoms with Crippen molar-refractivity contribution in [3.05, 3.63) is 23.3 Å². The van der Waals surface area contributed by atoms with Crippen LogP contribution in [0.2, 0.25) is 0 Å². The molecule has 6 saturated carbocycles. The van der Waals surface area contributed by atoms with E-state index in [4.69, 9.17) is 0 Å². The van der Waals surface area contributed by atoms with Gasteiger partial charge in [0, 0.05) is 5.92 Å². The average molecular weight is 835 g/mol. The van der Waals surface area contributed by atoms with Gasteiger partial charge in [-0.05, 0) is 245 Å². The number of hydrogen-bond donors (Lipinski definition) is 4. The highest BCUT2D eigenvalue weighted by atomic mass is 16.3. The molecule has 0 spiro atoms. The molecular formula is C55H94O5. The molecule has 0 aromatic heterocycles. The standard InChI is InChI=1S/C27H44O3.C27H46O2.CH4/c1-17(9-11-24(2,3)29)19-7-8-20-23-21(10-12-27(19,20)6)26(5)14-13-25(4,30)16-18(26)15-22(23)28;1-18(11-13-24(2,3)28)21-9-10-22-20-8-7-19-17-25(4,29)15-16-26(19,5)23(20)12-14-27(21,22)6;/h15,17,19-21,23,29-30H,7-14,16H2,1-6H3;7,18,20-23,28-29H,8-17H2,1-6H3;1H4/t17-,19-,20+,21+,23+,25+,26+,27-;18-,20+,21-,22+,23+,25+,26+,27-;/m11./s1. The highest BCUT2D eigenvalue weighted by Gasteiger charge is 2.63.